The fourth-order valence-corrected chi connectivity index (χ4v) is 1.34. The molecule has 0 heterocycles. The first-order valence-corrected chi connectivity index (χ1v) is 3.98. The number of rotatable bonds is 4. The molecule has 0 aromatic carbocycles. The summed E-state index contributed by atoms with van der Waals surface area (Å²) in [7, 11) is 0. The molecule has 0 spiro atoms. The summed E-state index contributed by atoms with van der Waals surface area (Å²) in [6, 6.07) is 0. The van der Waals surface area contributed by atoms with Crippen LogP contribution in [-0.2, 0) is 4.79 Å². The van der Waals surface area contributed by atoms with E-state index in [1.165, 1.54) is 12.8 Å². The van der Waals surface area contributed by atoms with Gasteiger partial charge in [0.15, 0.2) is 0 Å². The molecule has 1 aliphatic carbocycles. The quantitative estimate of drug-likeness (QED) is 0.650. The van der Waals surface area contributed by atoms with E-state index in [2.05, 4.69) is 6.92 Å². The van der Waals surface area contributed by atoms with Gasteiger partial charge in [0.2, 0.25) is 0 Å². The van der Waals surface area contributed by atoms with E-state index in [9.17, 15) is 4.79 Å². The molecule has 1 fully saturated rings. The van der Waals surface area contributed by atoms with Crippen LogP contribution in [0.25, 0.3) is 0 Å². The van der Waals surface area contributed by atoms with E-state index in [0.29, 0.717) is 5.92 Å². The molecule has 1 N–H and O–H groups in total. The zero-order valence-corrected chi connectivity index (χ0v) is 6.34. The molecular weight excluding hydrogens is 128 g/mol. The van der Waals surface area contributed by atoms with Crippen molar-refractivity contribution in [2.45, 2.75) is 32.6 Å². The lowest BCUT2D eigenvalue weighted by atomic mass is 10.1. The highest BCUT2D eigenvalue weighted by atomic mass is 16.4. The predicted molar refractivity (Wildman–Crippen MR) is 38.8 cm³/mol. The maximum Gasteiger partial charge on any atom is 0.306 e. The molecule has 1 rings (SSSR count). The standard InChI is InChI=1S/C8H14O2/c1-2-3-4-6-5-7(6)8(9)10/h6-7H,2-5H2,1H3,(H,9,10)/t6-,7-/m1/s1. The van der Waals surface area contributed by atoms with Gasteiger partial charge in [0.25, 0.3) is 0 Å². The van der Waals surface area contributed by atoms with Crippen LogP contribution in [0.2, 0.25) is 0 Å². The molecule has 0 aromatic rings. The molecule has 0 aromatic heterocycles. The third-order valence-corrected chi connectivity index (χ3v) is 2.17. The third kappa shape index (κ3) is 1.72. The van der Waals surface area contributed by atoms with Crippen LogP contribution in [0.1, 0.15) is 32.6 Å². The molecule has 10 heavy (non-hydrogen) atoms. The van der Waals surface area contributed by atoms with E-state index in [1.54, 1.807) is 0 Å². The average molecular weight is 142 g/mol. The van der Waals surface area contributed by atoms with Gasteiger partial charge in [0.05, 0.1) is 5.92 Å². The molecular formula is C8H14O2. The Kier molecular flexibility index (Phi) is 2.30. The van der Waals surface area contributed by atoms with Crippen LogP contribution in [-0.4, -0.2) is 11.1 Å². The molecule has 0 aliphatic heterocycles. The van der Waals surface area contributed by atoms with E-state index in [1.807, 2.05) is 0 Å². The number of unbranched alkanes of at least 4 members (excludes halogenated alkanes) is 1. The van der Waals surface area contributed by atoms with Gasteiger partial charge in [0.1, 0.15) is 0 Å². The number of carbonyl (C=O) groups is 1. The first kappa shape index (κ1) is 7.58. The summed E-state index contributed by atoms with van der Waals surface area (Å²) in [5.41, 5.74) is 0. The SMILES string of the molecule is CCCC[C@@H]1C[C@H]1C(=O)O. The van der Waals surface area contributed by atoms with E-state index in [0.717, 1.165) is 12.8 Å². The second-order valence-electron chi connectivity index (χ2n) is 3.08. The highest BCUT2D eigenvalue weighted by molar-refractivity contribution is 5.73. The van der Waals surface area contributed by atoms with Crippen LogP contribution in [0.15, 0.2) is 0 Å². The molecule has 1 aliphatic rings. The molecule has 0 saturated heterocycles. The number of hydrogen-bond donors (Lipinski definition) is 1. The second kappa shape index (κ2) is 3.04. The van der Waals surface area contributed by atoms with Gasteiger partial charge < -0.3 is 5.11 Å². The largest absolute Gasteiger partial charge is 0.481 e. The minimum Gasteiger partial charge on any atom is -0.481 e. The van der Waals surface area contributed by atoms with Gasteiger partial charge in [-0.2, -0.15) is 0 Å². The van der Waals surface area contributed by atoms with Crippen molar-refractivity contribution < 1.29 is 9.90 Å². The van der Waals surface area contributed by atoms with Crippen molar-refractivity contribution in [1.29, 1.82) is 0 Å². The fourth-order valence-electron chi connectivity index (χ4n) is 1.34. The van der Waals surface area contributed by atoms with Crippen molar-refractivity contribution in [3.8, 4) is 0 Å². The Morgan fingerprint density at radius 2 is 2.40 bits per heavy atom. The minimum atomic E-state index is -0.596. The minimum absolute atomic E-state index is 0.00606. The molecule has 0 amide bonds. The fraction of sp³-hybridized carbons (Fsp3) is 0.875. The lowest BCUT2D eigenvalue weighted by Crippen LogP contribution is -1.99. The second-order valence-corrected chi connectivity index (χ2v) is 3.08. The molecule has 0 bridgehead atoms. The summed E-state index contributed by atoms with van der Waals surface area (Å²) in [6.45, 7) is 2.14. The summed E-state index contributed by atoms with van der Waals surface area (Å²) in [6.07, 6.45) is 4.42. The maximum atomic E-state index is 10.3. The summed E-state index contributed by atoms with van der Waals surface area (Å²) in [4.78, 5) is 10.3. The lowest BCUT2D eigenvalue weighted by molar-refractivity contribution is -0.138. The molecule has 0 unspecified atom stereocenters. The van der Waals surface area contributed by atoms with Crippen LogP contribution in [0.3, 0.4) is 0 Å². The van der Waals surface area contributed by atoms with Gasteiger partial charge in [0, 0.05) is 0 Å². The van der Waals surface area contributed by atoms with Crippen molar-refractivity contribution in [3.63, 3.8) is 0 Å². The zero-order chi connectivity index (χ0) is 7.56. The summed E-state index contributed by atoms with van der Waals surface area (Å²) in [5.74, 6) is -0.0786. The van der Waals surface area contributed by atoms with Crippen LogP contribution >= 0.6 is 0 Å². The number of carboxylic acids is 1. The van der Waals surface area contributed by atoms with Gasteiger partial charge in [-0.25, -0.2) is 0 Å². The van der Waals surface area contributed by atoms with Gasteiger partial charge >= 0.3 is 5.97 Å². The van der Waals surface area contributed by atoms with Gasteiger partial charge in [-0.1, -0.05) is 19.8 Å². The highest BCUT2D eigenvalue weighted by Crippen LogP contribution is 2.42. The van der Waals surface area contributed by atoms with Gasteiger partial charge in [-0.15, -0.1) is 0 Å². The highest BCUT2D eigenvalue weighted by Gasteiger charge is 2.41. The van der Waals surface area contributed by atoms with Gasteiger partial charge in [-0.3, -0.25) is 4.79 Å². The van der Waals surface area contributed by atoms with Crippen molar-refractivity contribution >= 4 is 5.97 Å². The first-order valence-electron chi connectivity index (χ1n) is 3.98. The summed E-state index contributed by atoms with van der Waals surface area (Å²) >= 11 is 0. The number of aliphatic carboxylic acids is 1. The first-order chi connectivity index (χ1) is 4.75. The van der Waals surface area contributed by atoms with E-state index in [4.69, 9.17) is 5.11 Å². The number of hydrogen-bond acceptors (Lipinski definition) is 1. The molecule has 2 nitrogen and oxygen atoms in total. The molecule has 0 radical (unpaired) electrons. The molecule has 2 atom stereocenters. The van der Waals surface area contributed by atoms with E-state index in [-0.39, 0.29) is 5.92 Å². The summed E-state index contributed by atoms with van der Waals surface area (Å²) in [5, 5.41) is 8.52. The Balaban J connectivity index is 2.08. The van der Waals surface area contributed by atoms with Crippen LogP contribution in [0.5, 0.6) is 0 Å². The zero-order valence-electron chi connectivity index (χ0n) is 6.34. The summed E-state index contributed by atoms with van der Waals surface area (Å²) < 4.78 is 0. The normalized spacial score (nSPS) is 30.1. The average Bonchev–Trinajstić information content (AvgIpc) is 2.62. The Morgan fingerprint density at radius 1 is 1.70 bits per heavy atom. The van der Waals surface area contributed by atoms with E-state index >= 15 is 0 Å². The van der Waals surface area contributed by atoms with Crippen molar-refractivity contribution in [2.75, 3.05) is 0 Å². The Morgan fingerprint density at radius 3 is 2.80 bits per heavy atom. The number of carboxylic acid groups (broad SMARTS) is 1. The Labute approximate surface area is 61.2 Å². The van der Waals surface area contributed by atoms with Crippen LogP contribution in [0.4, 0.5) is 0 Å². The van der Waals surface area contributed by atoms with Crippen molar-refractivity contribution in [3.05, 3.63) is 0 Å². The Hall–Kier alpha value is -0.530. The van der Waals surface area contributed by atoms with E-state index < -0.39 is 5.97 Å². The predicted octanol–water partition coefficient (Wildman–Crippen LogP) is 1.90. The smallest absolute Gasteiger partial charge is 0.306 e. The molecule has 58 valence electrons. The maximum absolute atomic E-state index is 10.3. The van der Waals surface area contributed by atoms with Crippen molar-refractivity contribution in [1.82, 2.24) is 0 Å². The van der Waals surface area contributed by atoms with Crippen LogP contribution in [0, 0.1) is 11.8 Å². The monoisotopic (exact) mass is 142 g/mol. The van der Waals surface area contributed by atoms with Gasteiger partial charge in [-0.05, 0) is 18.8 Å². The molecule has 2 heteroatoms. The third-order valence-electron chi connectivity index (χ3n) is 2.17. The van der Waals surface area contributed by atoms with Crippen LogP contribution < -0.4 is 0 Å². The lowest BCUT2D eigenvalue weighted by Gasteiger charge is -1.92. The Bertz CT molecular complexity index is 131. The molecule has 1 saturated carbocycles. The topological polar surface area (TPSA) is 37.3 Å². The van der Waals surface area contributed by atoms with Crippen molar-refractivity contribution in [2.24, 2.45) is 11.8 Å².